The fraction of sp³-hybridized carbons (Fsp3) is 0.562. The fourth-order valence-corrected chi connectivity index (χ4v) is 2.81. The van der Waals surface area contributed by atoms with Crippen LogP contribution in [0.4, 0.5) is 8.78 Å². The van der Waals surface area contributed by atoms with Crippen LogP contribution in [0.2, 0.25) is 0 Å². The van der Waals surface area contributed by atoms with Gasteiger partial charge in [-0.1, -0.05) is 0 Å². The molecule has 0 saturated carbocycles. The highest BCUT2D eigenvalue weighted by Gasteiger charge is 2.26. The monoisotopic (exact) mass is 312 g/mol. The van der Waals surface area contributed by atoms with E-state index in [9.17, 15) is 18.7 Å². The van der Waals surface area contributed by atoms with E-state index in [1.165, 1.54) is 0 Å². The molecule has 1 unspecified atom stereocenters. The summed E-state index contributed by atoms with van der Waals surface area (Å²) in [5.41, 5.74) is -0.0224. The highest BCUT2D eigenvalue weighted by atomic mass is 19.1. The van der Waals surface area contributed by atoms with Crippen LogP contribution in [0.5, 0.6) is 0 Å². The molecule has 1 aromatic carbocycles. The number of amides is 1. The molecule has 6 heteroatoms. The predicted octanol–water partition coefficient (Wildman–Crippen LogP) is 1.85. The number of rotatable bonds is 5. The third-order valence-corrected chi connectivity index (χ3v) is 4.06. The molecule has 0 radical (unpaired) electrons. The first-order valence-electron chi connectivity index (χ1n) is 7.64. The smallest absolute Gasteiger partial charge is 0.223 e. The zero-order valence-electron chi connectivity index (χ0n) is 12.7. The molecule has 2 N–H and O–H groups in total. The lowest BCUT2D eigenvalue weighted by Crippen LogP contribution is -2.41. The van der Waals surface area contributed by atoms with Gasteiger partial charge in [-0.15, -0.1) is 0 Å². The summed E-state index contributed by atoms with van der Waals surface area (Å²) in [6.07, 6.45) is 0.352. The molecule has 2 rings (SSSR count). The topological polar surface area (TPSA) is 52.6 Å². The van der Waals surface area contributed by atoms with Crippen LogP contribution in [0.25, 0.3) is 0 Å². The average Bonchev–Trinajstić information content (AvgIpc) is 2.50. The van der Waals surface area contributed by atoms with Crippen molar-refractivity contribution in [3.63, 3.8) is 0 Å². The lowest BCUT2D eigenvalue weighted by atomic mass is 9.95. The van der Waals surface area contributed by atoms with Crippen LogP contribution in [-0.2, 0) is 4.79 Å². The Morgan fingerprint density at radius 3 is 2.73 bits per heavy atom. The minimum Gasteiger partial charge on any atom is -0.387 e. The van der Waals surface area contributed by atoms with Crippen LogP contribution in [0.1, 0.15) is 31.4 Å². The minimum absolute atomic E-state index is 0.000696. The summed E-state index contributed by atoms with van der Waals surface area (Å²) >= 11 is 0. The molecule has 0 spiro atoms. The van der Waals surface area contributed by atoms with Gasteiger partial charge in [-0.3, -0.25) is 4.79 Å². The van der Waals surface area contributed by atoms with Gasteiger partial charge in [0.15, 0.2) is 0 Å². The lowest BCUT2D eigenvalue weighted by Gasteiger charge is -2.32. The SMILES string of the molecule is CCNC(=O)C1CCN(CC(O)c2cc(F)ccc2F)CC1. The van der Waals surface area contributed by atoms with E-state index in [0.717, 1.165) is 18.2 Å². The highest BCUT2D eigenvalue weighted by molar-refractivity contribution is 5.78. The van der Waals surface area contributed by atoms with Crippen LogP contribution in [0.3, 0.4) is 0 Å². The van der Waals surface area contributed by atoms with Gasteiger partial charge in [0, 0.05) is 24.6 Å². The van der Waals surface area contributed by atoms with E-state index < -0.39 is 17.7 Å². The number of carbonyl (C=O) groups is 1. The summed E-state index contributed by atoms with van der Waals surface area (Å²) < 4.78 is 26.8. The molecule has 122 valence electrons. The van der Waals surface area contributed by atoms with Crippen molar-refractivity contribution in [1.82, 2.24) is 10.2 Å². The van der Waals surface area contributed by atoms with Gasteiger partial charge in [0.25, 0.3) is 0 Å². The molecule has 0 aliphatic carbocycles. The van der Waals surface area contributed by atoms with Gasteiger partial charge in [0.2, 0.25) is 5.91 Å². The maximum absolute atomic E-state index is 13.6. The summed E-state index contributed by atoms with van der Waals surface area (Å²) in [6.45, 7) is 4.07. The predicted molar refractivity (Wildman–Crippen MR) is 79.2 cm³/mol. The first-order valence-corrected chi connectivity index (χ1v) is 7.64. The number of halogens is 2. The fourth-order valence-electron chi connectivity index (χ4n) is 2.81. The molecule has 1 fully saturated rings. The van der Waals surface area contributed by atoms with E-state index in [2.05, 4.69) is 5.32 Å². The second-order valence-electron chi connectivity index (χ2n) is 5.65. The Hall–Kier alpha value is -1.53. The third kappa shape index (κ3) is 4.24. The zero-order valence-corrected chi connectivity index (χ0v) is 12.7. The van der Waals surface area contributed by atoms with Crippen molar-refractivity contribution in [2.45, 2.75) is 25.9 Å². The number of benzene rings is 1. The largest absolute Gasteiger partial charge is 0.387 e. The van der Waals surface area contributed by atoms with E-state index >= 15 is 0 Å². The van der Waals surface area contributed by atoms with E-state index in [0.29, 0.717) is 32.5 Å². The Morgan fingerprint density at radius 1 is 1.41 bits per heavy atom. The molecule has 0 bridgehead atoms. The van der Waals surface area contributed by atoms with E-state index in [4.69, 9.17) is 0 Å². The molecule has 1 aliphatic rings. The summed E-state index contributed by atoms with van der Waals surface area (Å²) in [5, 5.41) is 12.9. The maximum atomic E-state index is 13.6. The summed E-state index contributed by atoms with van der Waals surface area (Å²) in [6, 6.07) is 3.08. The standard InChI is InChI=1S/C16H22F2N2O2/c1-2-19-16(22)11-5-7-20(8-6-11)10-15(21)13-9-12(17)3-4-14(13)18/h3-4,9,11,15,21H,2,5-8,10H2,1H3,(H,19,22). The number of hydrogen-bond acceptors (Lipinski definition) is 3. The molecular weight excluding hydrogens is 290 g/mol. The summed E-state index contributed by atoms with van der Waals surface area (Å²) in [4.78, 5) is 13.7. The minimum atomic E-state index is -1.07. The third-order valence-electron chi connectivity index (χ3n) is 4.06. The second kappa shape index (κ2) is 7.65. The Bertz CT molecular complexity index is 517. The number of aliphatic hydroxyl groups excluding tert-OH is 1. The average molecular weight is 312 g/mol. The Kier molecular flexibility index (Phi) is 5.85. The number of nitrogens with zero attached hydrogens (tertiary/aromatic N) is 1. The molecule has 1 heterocycles. The van der Waals surface area contributed by atoms with Crippen molar-refractivity contribution < 1.29 is 18.7 Å². The van der Waals surface area contributed by atoms with Crippen LogP contribution in [-0.4, -0.2) is 42.1 Å². The van der Waals surface area contributed by atoms with Crippen molar-refractivity contribution in [3.8, 4) is 0 Å². The van der Waals surface area contributed by atoms with Crippen molar-refractivity contribution >= 4 is 5.91 Å². The first-order chi connectivity index (χ1) is 10.5. The molecule has 1 aromatic rings. The lowest BCUT2D eigenvalue weighted by molar-refractivity contribution is -0.126. The van der Waals surface area contributed by atoms with Crippen LogP contribution >= 0.6 is 0 Å². The van der Waals surface area contributed by atoms with Crippen molar-refractivity contribution in [1.29, 1.82) is 0 Å². The van der Waals surface area contributed by atoms with E-state index in [1.807, 2.05) is 11.8 Å². The van der Waals surface area contributed by atoms with Gasteiger partial charge in [0.1, 0.15) is 11.6 Å². The Balaban J connectivity index is 1.88. The molecule has 0 aromatic heterocycles. The molecule has 1 atom stereocenters. The van der Waals surface area contributed by atoms with E-state index in [-0.39, 0.29) is 23.9 Å². The quantitative estimate of drug-likeness (QED) is 0.872. The molecule has 22 heavy (non-hydrogen) atoms. The number of piperidine rings is 1. The molecular formula is C16H22F2N2O2. The molecule has 1 saturated heterocycles. The number of hydrogen-bond donors (Lipinski definition) is 2. The Morgan fingerprint density at radius 2 is 2.09 bits per heavy atom. The summed E-state index contributed by atoms with van der Waals surface area (Å²) in [5.74, 6) is -1.10. The van der Waals surface area contributed by atoms with Crippen LogP contribution in [0, 0.1) is 17.6 Å². The highest BCUT2D eigenvalue weighted by Crippen LogP contribution is 2.23. The van der Waals surface area contributed by atoms with Gasteiger partial charge in [-0.2, -0.15) is 0 Å². The first kappa shape index (κ1) is 16.8. The van der Waals surface area contributed by atoms with Crippen molar-refractivity contribution in [2.75, 3.05) is 26.2 Å². The number of likely N-dealkylation sites (tertiary alicyclic amines) is 1. The number of nitrogens with one attached hydrogen (secondary N) is 1. The number of β-amino-alcohol motifs (C(OH)–C–C–N with tert-alkyl or cyclic N) is 1. The van der Waals surface area contributed by atoms with Crippen LogP contribution in [0.15, 0.2) is 18.2 Å². The van der Waals surface area contributed by atoms with Crippen molar-refractivity contribution in [2.24, 2.45) is 5.92 Å². The normalized spacial score (nSPS) is 18.2. The van der Waals surface area contributed by atoms with Gasteiger partial charge < -0.3 is 15.3 Å². The van der Waals surface area contributed by atoms with Crippen LogP contribution < -0.4 is 5.32 Å². The second-order valence-corrected chi connectivity index (χ2v) is 5.65. The van der Waals surface area contributed by atoms with Gasteiger partial charge in [0.05, 0.1) is 6.10 Å². The Labute approximate surface area is 129 Å². The summed E-state index contributed by atoms with van der Waals surface area (Å²) in [7, 11) is 0. The molecule has 4 nitrogen and oxygen atoms in total. The molecule has 1 aliphatic heterocycles. The molecule has 1 amide bonds. The zero-order chi connectivity index (χ0) is 16.1. The number of aliphatic hydroxyl groups is 1. The van der Waals surface area contributed by atoms with Gasteiger partial charge in [-0.05, 0) is 51.1 Å². The van der Waals surface area contributed by atoms with Crippen molar-refractivity contribution in [3.05, 3.63) is 35.4 Å². The van der Waals surface area contributed by atoms with Gasteiger partial charge in [-0.25, -0.2) is 8.78 Å². The van der Waals surface area contributed by atoms with Gasteiger partial charge >= 0.3 is 0 Å². The maximum Gasteiger partial charge on any atom is 0.223 e. The van der Waals surface area contributed by atoms with E-state index in [1.54, 1.807) is 0 Å². The number of carbonyl (C=O) groups excluding carboxylic acids is 1.